The number of pyridine rings is 1. The smallest absolute Gasteiger partial charge is 0.263 e. The van der Waals surface area contributed by atoms with Gasteiger partial charge in [-0.25, -0.2) is 0 Å². The van der Waals surface area contributed by atoms with E-state index in [2.05, 4.69) is 24.5 Å². The van der Waals surface area contributed by atoms with Gasteiger partial charge in [-0.3, -0.25) is 14.4 Å². The number of amides is 2. The first kappa shape index (κ1) is 22.4. The maximum absolute atomic E-state index is 12.8. The van der Waals surface area contributed by atoms with Crippen molar-refractivity contribution < 1.29 is 14.3 Å². The number of ether oxygens (including phenoxy) is 1. The predicted molar refractivity (Wildman–Crippen MR) is 115 cm³/mol. The third-order valence-corrected chi connectivity index (χ3v) is 4.58. The maximum atomic E-state index is 12.8. The van der Waals surface area contributed by atoms with Crippen LogP contribution in [-0.4, -0.2) is 30.1 Å². The summed E-state index contributed by atoms with van der Waals surface area (Å²) in [6.07, 6.45) is 2.60. The fraction of sp³-hybridized carbons (Fsp3) is 0.409. The number of hydrogen-bond donors (Lipinski definition) is 2. The van der Waals surface area contributed by atoms with Crippen LogP contribution >= 0.6 is 0 Å². The first-order valence-electron chi connectivity index (χ1n) is 9.63. The summed E-state index contributed by atoms with van der Waals surface area (Å²) >= 11 is 0. The molecule has 29 heavy (non-hydrogen) atoms. The highest BCUT2D eigenvalue weighted by atomic mass is 16.5. The number of carbonyl (C=O) groups is 2. The van der Waals surface area contributed by atoms with Crippen molar-refractivity contribution in [2.75, 3.05) is 24.4 Å². The standard InChI is InChI=1S/C22H29N3O4/c1-14(2)8-10-25-11-9-15(3)20(22(25)28)21(27)23-17-6-7-18(16(4)12-17)24-19(26)13-29-5/h6-7,9,11-12,14H,8,10,13H2,1-5H3,(H,23,27)(H,24,26). The van der Waals surface area contributed by atoms with Gasteiger partial charge in [0, 0.05) is 31.2 Å². The van der Waals surface area contributed by atoms with Crippen LogP contribution in [0.4, 0.5) is 11.4 Å². The number of anilines is 2. The second-order valence-corrected chi connectivity index (χ2v) is 7.52. The van der Waals surface area contributed by atoms with Gasteiger partial charge in [0.25, 0.3) is 11.5 Å². The first-order valence-corrected chi connectivity index (χ1v) is 9.63. The summed E-state index contributed by atoms with van der Waals surface area (Å²) in [6.45, 7) is 8.31. The van der Waals surface area contributed by atoms with Crippen LogP contribution in [0, 0.1) is 19.8 Å². The van der Waals surface area contributed by atoms with Gasteiger partial charge in [0.15, 0.2) is 0 Å². The van der Waals surface area contributed by atoms with Crippen molar-refractivity contribution >= 4 is 23.2 Å². The highest BCUT2D eigenvalue weighted by molar-refractivity contribution is 6.05. The number of rotatable bonds is 8. The third kappa shape index (κ3) is 6.02. The van der Waals surface area contributed by atoms with Gasteiger partial charge in [-0.15, -0.1) is 0 Å². The van der Waals surface area contributed by atoms with Crippen molar-refractivity contribution in [2.24, 2.45) is 5.92 Å². The zero-order valence-electron chi connectivity index (χ0n) is 17.7. The van der Waals surface area contributed by atoms with Crippen molar-refractivity contribution in [1.82, 2.24) is 4.57 Å². The van der Waals surface area contributed by atoms with E-state index in [1.807, 2.05) is 6.92 Å². The Morgan fingerprint density at radius 2 is 1.83 bits per heavy atom. The lowest BCUT2D eigenvalue weighted by atomic mass is 10.1. The van der Waals surface area contributed by atoms with E-state index in [1.165, 1.54) is 7.11 Å². The normalized spacial score (nSPS) is 10.8. The van der Waals surface area contributed by atoms with E-state index in [1.54, 1.807) is 42.0 Å². The van der Waals surface area contributed by atoms with Crippen LogP contribution in [0.3, 0.4) is 0 Å². The fourth-order valence-electron chi connectivity index (χ4n) is 2.91. The Labute approximate surface area is 171 Å². The minimum Gasteiger partial charge on any atom is -0.375 e. The average Bonchev–Trinajstić information content (AvgIpc) is 2.63. The topological polar surface area (TPSA) is 89.4 Å². The molecular weight excluding hydrogens is 370 g/mol. The third-order valence-electron chi connectivity index (χ3n) is 4.58. The van der Waals surface area contributed by atoms with Crippen molar-refractivity contribution in [3.05, 3.63) is 57.5 Å². The van der Waals surface area contributed by atoms with Gasteiger partial charge in [0.2, 0.25) is 5.91 Å². The molecule has 1 aromatic carbocycles. The van der Waals surface area contributed by atoms with E-state index in [4.69, 9.17) is 4.74 Å². The molecule has 2 amide bonds. The van der Waals surface area contributed by atoms with E-state index < -0.39 is 5.91 Å². The quantitative estimate of drug-likeness (QED) is 0.712. The summed E-state index contributed by atoms with van der Waals surface area (Å²) in [5.74, 6) is -0.234. The molecule has 7 heteroatoms. The minimum absolute atomic E-state index is 0.0334. The summed E-state index contributed by atoms with van der Waals surface area (Å²) in [7, 11) is 1.45. The zero-order valence-corrected chi connectivity index (χ0v) is 17.7. The number of methoxy groups -OCH3 is 1. The van der Waals surface area contributed by atoms with Gasteiger partial charge in [0.05, 0.1) is 0 Å². The summed E-state index contributed by atoms with van der Waals surface area (Å²) in [6, 6.07) is 6.92. The lowest BCUT2D eigenvalue weighted by molar-refractivity contribution is -0.119. The second kappa shape index (κ2) is 10.0. The van der Waals surface area contributed by atoms with Gasteiger partial charge in [-0.2, -0.15) is 0 Å². The van der Waals surface area contributed by atoms with Crippen LogP contribution in [0.5, 0.6) is 0 Å². The van der Waals surface area contributed by atoms with Crippen LogP contribution in [-0.2, 0) is 16.1 Å². The number of aromatic nitrogens is 1. The molecule has 2 aromatic rings. The van der Waals surface area contributed by atoms with Crippen LogP contribution in [0.25, 0.3) is 0 Å². The number of aryl methyl sites for hydroxylation is 3. The van der Waals surface area contributed by atoms with E-state index in [0.29, 0.717) is 29.4 Å². The molecule has 0 bridgehead atoms. The Bertz CT molecular complexity index is 948. The Hall–Kier alpha value is -2.93. The molecule has 2 rings (SSSR count). The Balaban J connectivity index is 2.20. The Morgan fingerprint density at radius 3 is 2.45 bits per heavy atom. The molecule has 0 saturated heterocycles. The molecule has 1 aromatic heterocycles. The molecule has 0 fully saturated rings. The number of nitrogens with zero attached hydrogens (tertiary/aromatic N) is 1. The highest BCUT2D eigenvalue weighted by Gasteiger charge is 2.16. The Morgan fingerprint density at radius 1 is 1.10 bits per heavy atom. The summed E-state index contributed by atoms with van der Waals surface area (Å²) < 4.78 is 6.39. The average molecular weight is 399 g/mol. The first-order chi connectivity index (χ1) is 13.7. The molecule has 1 heterocycles. The molecule has 0 radical (unpaired) electrons. The molecule has 2 N–H and O–H groups in total. The molecule has 7 nitrogen and oxygen atoms in total. The minimum atomic E-state index is -0.443. The lowest BCUT2D eigenvalue weighted by Crippen LogP contribution is -2.30. The Kier molecular flexibility index (Phi) is 7.73. The van der Waals surface area contributed by atoms with Crippen molar-refractivity contribution in [2.45, 2.75) is 40.7 Å². The molecule has 0 aliphatic heterocycles. The highest BCUT2D eigenvalue weighted by Crippen LogP contribution is 2.20. The van der Waals surface area contributed by atoms with Gasteiger partial charge < -0.3 is 19.9 Å². The largest absolute Gasteiger partial charge is 0.375 e. The summed E-state index contributed by atoms with van der Waals surface area (Å²) in [5.41, 5.74) is 2.46. The summed E-state index contributed by atoms with van der Waals surface area (Å²) in [5, 5.41) is 5.53. The molecule has 0 aliphatic rings. The van der Waals surface area contributed by atoms with Gasteiger partial charge >= 0.3 is 0 Å². The van der Waals surface area contributed by atoms with Gasteiger partial charge in [0.1, 0.15) is 12.2 Å². The van der Waals surface area contributed by atoms with Crippen LogP contribution < -0.4 is 16.2 Å². The van der Waals surface area contributed by atoms with Gasteiger partial charge in [-0.05, 0) is 61.6 Å². The van der Waals surface area contributed by atoms with Crippen molar-refractivity contribution in [3.8, 4) is 0 Å². The van der Waals surface area contributed by atoms with Gasteiger partial charge in [-0.1, -0.05) is 13.8 Å². The second-order valence-electron chi connectivity index (χ2n) is 7.52. The monoisotopic (exact) mass is 399 g/mol. The van der Waals surface area contributed by atoms with Crippen LogP contribution in [0.15, 0.2) is 35.3 Å². The fourth-order valence-corrected chi connectivity index (χ4v) is 2.91. The molecule has 0 spiro atoms. The SMILES string of the molecule is COCC(=O)Nc1ccc(NC(=O)c2c(C)ccn(CCC(C)C)c2=O)cc1C. The van der Waals surface area contributed by atoms with E-state index in [0.717, 1.165) is 12.0 Å². The van der Waals surface area contributed by atoms with E-state index in [-0.39, 0.29) is 23.6 Å². The summed E-state index contributed by atoms with van der Waals surface area (Å²) in [4.78, 5) is 37.2. The number of benzene rings is 1. The maximum Gasteiger partial charge on any atom is 0.263 e. The molecule has 0 saturated carbocycles. The zero-order chi connectivity index (χ0) is 21.6. The van der Waals surface area contributed by atoms with Crippen molar-refractivity contribution in [1.29, 1.82) is 0 Å². The molecule has 156 valence electrons. The van der Waals surface area contributed by atoms with Crippen molar-refractivity contribution in [3.63, 3.8) is 0 Å². The molecule has 0 unspecified atom stereocenters. The van der Waals surface area contributed by atoms with E-state index >= 15 is 0 Å². The number of nitrogens with one attached hydrogen (secondary N) is 2. The van der Waals surface area contributed by atoms with Crippen LogP contribution in [0.2, 0.25) is 0 Å². The lowest BCUT2D eigenvalue weighted by Gasteiger charge is -2.13. The molecular formula is C22H29N3O4. The number of hydrogen-bond acceptors (Lipinski definition) is 4. The molecule has 0 atom stereocenters. The predicted octanol–water partition coefficient (Wildman–Crippen LogP) is 3.35. The molecule has 0 aliphatic carbocycles. The van der Waals surface area contributed by atoms with Crippen LogP contribution in [0.1, 0.15) is 41.8 Å². The van der Waals surface area contributed by atoms with E-state index in [9.17, 15) is 14.4 Å². The number of carbonyl (C=O) groups excluding carboxylic acids is 2.